The van der Waals surface area contributed by atoms with Crippen molar-refractivity contribution in [2.45, 2.75) is 38.7 Å². The number of halogens is 1. The summed E-state index contributed by atoms with van der Waals surface area (Å²) in [6, 6.07) is 8.15. The Kier molecular flexibility index (Phi) is 7.35. The van der Waals surface area contributed by atoms with Crippen LogP contribution in [0.1, 0.15) is 38.2 Å². The second-order valence-corrected chi connectivity index (χ2v) is 5.70. The van der Waals surface area contributed by atoms with Gasteiger partial charge in [-0.05, 0) is 49.5 Å². The van der Waals surface area contributed by atoms with Gasteiger partial charge in [0.15, 0.2) is 0 Å². The van der Waals surface area contributed by atoms with Gasteiger partial charge in [-0.25, -0.2) is 0 Å². The highest BCUT2D eigenvalue weighted by atomic mass is 35.5. The highest BCUT2D eigenvalue weighted by Gasteiger charge is 2.16. The largest absolute Gasteiger partial charge is 0.491 e. The van der Waals surface area contributed by atoms with Crippen molar-refractivity contribution in [3.63, 3.8) is 0 Å². The molecule has 1 aliphatic rings. The number of rotatable bonds is 6. The highest BCUT2D eigenvalue weighted by molar-refractivity contribution is 5.85. The molecular formula is C16H26ClNO2. The molecule has 0 aromatic heterocycles. The number of hydrogen-bond donors (Lipinski definition) is 1. The molecule has 3 nitrogen and oxygen atoms in total. The van der Waals surface area contributed by atoms with Crippen LogP contribution in [0.3, 0.4) is 0 Å². The maximum Gasteiger partial charge on any atom is 0.119 e. The first-order valence-corrected chi connectivity index (χ1v) is 7.28. The zero-order valence-corrected chi connectivity index (χ0v) is 13.2. The molecule has 1 aromatic carbocycles. The van der Waals surface area contributed by atoms with Crippen LogP contribution < -0.4 is 4.74 Å². The van der Waals surface area contributed by atoms with E-state index in [4.69, 9.17) is 4.74 Å². The lowest BCUT2D eigenvalue weighted by molar-refractivity contribution is 0.0758. The molecule has 2 rings (SSSR count). The molecule has 0 bridgehead atoms. The highest BCUT2D eigenvalue weighted by Crippen LogP contribution is 2.18. The van der Waals surface area contributed by atoms with Gasteiger partial charge in [-0.15, -0.1) is 12.4 Å². The van der Waals surface area contributed by atoms with E-state index in [0.717, 1.165) is 25.4 Å². The molecule has 1 heterocycles. The van der Waals surface area contributed by atoms with E-state index in [9.17, 15) is 5.11 Å². The van der Waals surface area contributed by atoms with Crippen molar-refractivity contribution in [3.8, 4) is 5.75 Å². The van der Waals surface area contributed by atoms with E-state index in [1.807, 2.05) is 12.1 Å². The fourth-order valence-corrected chi connectivity index (χ4v) is 2.46. The predicted octanol–water partition coefficient (Wildman–Crippen LogP) is 3.07. The molecule has 114 valence electrons. The Bertz CT molecular complexity index is 375. The summed E-state index contributed by atoms with van der Waals surface area (Å²) in [7, 11) is 0. The monoisotopic (exact) mass is 299 g/mol. The topological polar surface area (TPSA) is 32.7 Å². The van der Waals surface area contributed by atoms with E-state index in [2.05, 4.69) is 30.9 Å². The van der Waals surface area contributed by atoms with Crippen LogP contribution in [0.2, 0.25) is 0 Å². The molecule has 1 saturated heterocycles. The molecule has 1 aromatic rings. The van der Waals surface area contributed by atoms with Crippen LogP contribution in [0.5, 0.6) is 5.75 Å². The molecule has 1 unspecified atom stereocenters. The molecule has 0 amide bonds. The van der Waals surface area contributed by atoms with Crippen molar-refractivity contribution in [1.29, 1.82) is 0 Å². The number of aliphatic hydroxyl groups excluding tert-OH is 1. The maximum absolute atomic E-state index is 9.95. The third-order valence-electron chi connectivity index (χ3n) is 3.66. The number of benzene rings is 1. The summed E-state index contributed by atoms with van der Waals surface area (Å²) in [4.78, 5) is 2.30. The van der Waals surface area contributed by atoms with Gasteiger partial charge in [0.1, 0.15) is 18.5 Å². The van der Waals surface area contributed by atoms with Crippen molar-refractivity contribution >= 4 is 12.4 Å². The molecule has 0 spiro atoms. The van der Waals surface area contributed by atoms with Gasteiger partial charge in [-0.2, -0.15) is 0 Å². The van der Waals surface area contributed by atoms with E-state index >= 15 is 0 Å². The normalized spacial score (nSPS) is 17.0. The number of ether oxygens (including phenoxy) is 1. The minimum Gasteiger partial charge on any atom is -0.491 e. The Morgan fingerprint density at radius 1 is 1.15 bits per heavy atom. The number of aliphatic hydroxyl groups is 1. The average Bonchev–Trinajstić information content (AvgIpc) is 2.89. The molecule has 1 atom stereocenters. The molecule has 1 N–H and O–H groups in total. The first-order chi connectivity index (χ1) is 9.15. The van der Waals surface area contributed by atoms with Gasteiger partial charge >= 0.3 is 0 Å². The van der Waals surface area contributed by atoms with Crippen LogP contribution in [0.4, 0.5) is 0 Å². The van der Waals surface area contributed by atoms with Crippen LogP contribution >= 0.6 is 12.4 Å². The second-order valence-electron chi connectivity index (χ2n) is 5.70. The Hall–Kier alpha value is -0.770. The Morgan fingerprint density at radius 2 is 1.75 bits per heavy atom. The minimum atomic E-state index is -0.400. The first kappa shape index (κ1) is 17.3. The standard InChI is InChI=1S/C16H25NO2.ClH/c1-13(2)14-5-7-16(8-6-14)19-12-15(18)11-17-9-3-4-10-17;/h5-8,13,15,18H,3-4,9-12H2,1-2H3;1H. The molecule has 0 aliphatic carbocycles. The average molecular weight is 300 g/mol. The van der Waals surface area contributed by atoms with Gasteiger partial charge in [0.2, 0.25) is 0 Å². The summed E-state index contributed by atoms with van der Waals surface area (Å²) < 4.78 is 5.64. The molecule has 0 radical (unpaired) electrons. The Morgan fingerprint density at radius 3 is 2.30 bits per heavy atom. The van der Waals surface area contributed by atoms with Crippen LogP contribution in [-0.4, -0.2) is 42.4 Å². The molecular weight excluding hydrogens is 274 g/mol. The second kappa shape index (κ2) is 8.50. The molecule has 0 saturated carbocycles. The van der Waals surface area contributed by atoms with Crippen molar-refractivity contribution in [1.82, 2.24) is 4.90 Å². The van der Waals surface area contributed by atoms with Gasteiger partial charge in [0.05, 0.1) is 0 Å². The van der Waals surface area contributed by atoms with E-state index < -0.39 is 6.10 Å². The maximum atomic E-state index is 9.95. The summed E-state index contributed by atoms with van der Waals surface area (Å²) in [6.07, 6.45) is 2.11. The third kappa shape index (κ3) is 5.31. The summed E-state index contributed by atoms with van der Waals surface area (Å²) in [5.74, 6) is 1.37. The lowest BCUT2D eigenvalue weighted by atomic mass is 10.0. The van der Waals surface area contributed by atoms with Crippen molar-refractivity contribution in [3.05, 3.63) is 29.8 Å². The SMILES string of the molecule is CC(C)c1ccc(OCC(O)CN2CCCC2)cc1.Cl. The first-order valence-electron chi connectivity index (χ1n) is 7.28. The summed E-state index contributed by atoms with van der Waals surface area (Å²) in [5.41, 5.74) is 1.31. The summed E-state index contributed by atoms with van der Waals surface area (Å²) >= 11 is 0. The van der Waals surface area contributed by atoms with E-state index in [1.165, 1.54) is 18.4 Å². The number of nitrogens with zero attached hydrogens (tertiary/aromatic N) is 1. The van der Waals surface area contributed by atoms with Gasteiger partial charge in [-0.1, -0.05) is 26.0 Å². The molecule has 20 heavy (non-hydrogen) atoms. The number of hydrogen-bond acceptors (Lipinski definition) is 3. The van der Waals surface area contributed by atoms with Crippen molar-refractivity contribution in [2.24, 2.45) is 0 Å². The van der Waals surface area contributed by atoms with Crippen molar-refractivity contribution in [2.75, 3.05) is 26.2 Å². The fraction of sp³-hybridized carbons (Fsp3) is 0.625. The number of likely N-dealkylation sites (tertiary alicyclic amines) is 1. The zero-order valence-electron chi connectivity index (χ0n) is 12.4. The predicted molar refractivity (Wildman–Crippen MR) is 85.0 cm³/mol. The van der Waals surface area contributed by atoms with Gasteiger partial charge in [-0.3, -0.25) is 0 Å². The van der Waals surface area contributed by atoms with Crippen molar-refractivity contribution < 1.29 is 9.84 Å². The summed E-state index contributed by atoms with van der Waals surface area (Å²) in [6.45, 7) is 7.67. The van der Waals surface area contributed by atoms with E-state index in [1.54, 1.807) is 0 Å². The van der Waals surface area contributed by atoms with Gasteiger partial charge < -0.3 is 14.7 Å². The fourth-order valence-electron chi connectivity index (χ4n) is 2.46. The third-order valence-corrected chi connectivity index (χ3v) is 3.66. The Balaban J connectivity index is 0.00000200. The van der Waals surface area contributed by atoms with Gasteiger partial charge in [0.25, 0.3) is 0 Å². The lowest BCUT2D eigenvalue weighted by Crippen LogP contribution is -2.33. The van der Waals surface area contributed by atoms with Crippen LogP contribution in [-0.2, 0) is 0 Å². The minimum absolute atomic E-state index is 0. The number of β-amino-alcohol motifs (C(OH)–C–C–N with tert-alkyl or cyclic N) is 1. The van der Waals surface area contributed by atoms with Crippen LogP contribution in [0.25, 0.3) is 0 Å². The van der Waals surface area contributed by atoms with Crippen LogP contribution in [0, 0.1) is 0 Å². The van der Waals surface area contributed by atoms with E-state index in [0.29, 0.717) is 12.5 Å². The quantitative estimate of drug-likeness (QED) is 0.876. The Labute approximate surface area is 128 Å². The smallest absolute Gasteiger partial charge is 0.119 e. The summed E-state index contributed by atoms with van der Waals surface area (Å²) in [5, 5.41) is 9.95. The zero-order chi connectivity index (χ0) is 13.7. The van der Waals surface area contributed by atoms with Crippen LogP contribution in [0.15, 0.2) is 24.3 Å². The van der Waals surface area contributed by atoms with E-state index in [-0.39, 0.29) is 12.4 Å². The lowest BCUT2D eigenvalue weighted by Gasteiger charge is -2.19. The molecule has 1 aliphatic heterocycles. The molecule has 4 heteroatoms. The molecule has 1 fully saturated rings. The van der Waals surface area contributed by atoms with Gasteiger partial charge in [0, 0.05) is 6.54 Å².